The standard InChI is InChI=1S/C30H34N4O2/c1-20-26-17-23-9-5-10-24(23)18-27(26)32-30(31-20)33-15-12-22(13-16-33)29(36)34-14-6-11-25(19-34)28(35)21-7-3-2-4-8-21/h2-4,7-8,17-18,22,25H,5-6,9-16,19H2,1H3/t25-/m0/s1. The number of anilines is 1. The van der Waals surface area contributed by atoms with Gasteiger partial charge in [-0.05, 0) is 75.1 Å². The van der Waals surface area contributed by atoms with Crippen molar-refractivity contribution in [2.24, 2.45) is 11.8 Å². The molecule has 3 aliphatic rings. The van der Waals surface area contributed by atoms with E-state index in [-0.39, 0.29) is 23.5 Å². The fraction of sp³-hybridized carbons (Fsp3) is 0.467. The number of fused-ring (bicyclic) bond motifs is 2. The minimum Gasteiger partial charge on any atom is -0.342 e. The van der Waals surface area contributed by atoms with Crippen LogP contribution in [0.15, 0.2) is 42.5 Å². The van der Waals surface area contributed by atoms with Gasteiger partial charge in [-0.1, -0.05) is 30.3 Å². The van der Waals surface area contributed by atoms with Gasteiger partial charge in [0.25, 0.3) is 0 Å². The maximum atomic E-state index is 13.4. The van der Waals surface area contributed by atoms with Gasteiger partial charge in [0, 0.05) is 49.0 Å². The number of ketones is 1. The Morgan fingerprint density at radius 1 is 0.861 bits per heavy atom. The lowest BCUT2D eigenvalue weighted by Gasteiger charge is -2.37. The van der Waals surface area contributed by atoms with Crippen LogP contribution in [0.25, 0.3) is 10.9 Å². The molecule has 2 aromatic carbocycles. The van der Waals surface area contributed by atoms with E-state index in [0.717, 1.165) is 86.3 Å². The van der Waals surface area contributed by atoms with Gasteiger partial charge in [0.15, 0.2) is 5.78 Å². The largest absolute Gasteiger partial charge is 0.342 e. The van der Waals surface area contributed by atoms with Crippen molar-refractivity contribution in [3.05, 3.63) is 64.8 Å². The Bertz CT molecular complexity index is 1300. The number of rotatable bonds is 4. The first-order chi connectivity index (χ1) is 17.6. The predicted octanol–water partition coefficient (Wildman–Crippen LogP) is 4.76. The van der Waals surface area contributed by atoms with Crippen molar-refractivity contribution in [2.45, 2.75) is 51.9 Å². The smallest absolute Gasteiger partial charge is 0.226 e. The van der Waals surface area contributed by atoms with Gasteiger partial charge >= 0.3 is 0 Å². The summed E-state index contributed by atoms with van der Waals surface area (Å²) in [5, 5.41) is 1.16. The second-order valence-electron chi connectivity index (χ2n) is 10.7. The number of carbonyl (C=O) groups is 2. The SMILES string of the molecule is Cc1nc(N2CCC(C(=O)N3CCC[C@H](C(=O)c4ccccc4)C3)CC2)nc2cc3c(cc12)CCC3. The lowest BCUT2D eigenvalue weighted by atomic mass is 9.88. The molecule has 1 aliphatic carbocycles. The van der Waals surface area contributed by atoms with E-state index in [0.29, 0.717) is 6.54 Å². The molecule has 6 heteroatoms. The highest BCUT2D eigenvalue weighted by molar-refractivity contribution is 5.98. The second-order valence-corrected chi connectivity index (χ2v) is 10.7. The first-order valence-electron chi connectivity index (χ1n) is 13.5. The summed E-state index contributed by atoms with van der Waals surface area (Å²) in [6.45, 7) is 4.95. The van der Waals surface area contributed by atoms with E-state index in [1.54, 1.807) is 0 Å². The monoisotopic (exact) mass is 482 g/mol. The topological polar surface area (TPSA) is 66.4 Å². The van der Waals surface area contributed by atoms with E-state index < -0.39 is 0 Å². The number of hydrogen-bond donors (Lipinski definition) is 0. The summed E-state index contributed by atoms with van der Waals surface area (Å²) in [7, 11) is 0. The zero-order chi connectivity index (χ0) is 24.6. The Kier molecular flexibility index (Phi) is 6.20. The summed E-state index contributed by atoms with van der Waals surface area (Å²) in [6.07, 6.45) is 6.89. The fourth-order valence-electron chi connectivity index (χ4n) is 6.29. The third-order valence-corrected chi connectivity index (χ3v) is 8.38. The molecule has 3 aromatic rings. The van der Waals surface area contributed by atoms with Gasteiger partial charge in [-0.25, -0.2) is 9.97 Å². The number of aryl methyl sites for hydroxylation is 3. The molecule has 2 saturated heterocycles. The zero-order valence-electron chi connectivity index (χ0n) is 21.1. The quantitative estimate of drug-likeness (QED) is 0.502. The highest BCUT2D eigenvalue weighted by Crippen LogP contribution is 2.31. The molecule has 2 fully saturated rings. The lowest BCUT2D eigenvalue weighted by molar-refractivity contribution is -0.137. The number of nitrogens with zero attached hydrogens (tertiary/aromatic N) is 4. The number of carbonyl (C=O) groups excluding carboxylic acids is 2. The average molecular weight is 483 g/mol. The fourth-order valence-corrected chi connectivity index (χ4v) is 6.29. The maximum absolute atomic E-state index is 13.4. The van der Waals surface area contributed by atoms with Gasteiger partial charge in [0.2, 0.25) is 11.9 Å². The molecule has 2 aliphatic heterocycles. The van der Waals surface area contributed by atoms with Crippen LogP contribution in [-0.2, 0) is 17.6 Å². The Hall–Kier alpha value is -3.28. The summed E-state index contributed by atoms with van der Waals surface area (Å²) < 4.78 is 0. The van der Waals surface area contributed by atoms with Crippen molar-refractivity contribution in [3.8, 4) is 0 Å². The Morgan fingerprint density at radius 2 is 1.61 bits per heavy atom. The highest BCUT2D eigenvalue weighted by atomic mass is 16.2. The van der Waals surface area contributed by atoms with Crippen molar-refractivity contribution in [1.82, 2.24) is 14.9 Å². The third kappa shape index (κ3) is 4.38. The molecule has 6 nitrogen and oxygen atoms in total. The second kappa shape index (κ2) is 9.64. The number of aromatic nitrogens is 2. The van der Waals surface area contributed by atoms with Crippen molar-refractivity contribution < 1.29 is 9.59 Å². The van der Waals surface area contributed by atoms with Gasteiger partial charge in [0.05, 0.1) is 11.2 Å². The van der Waals surface area contributed by atoms with Crippen LogP contribution in [-0.4, -0.2) is 52.7 Å². The van der Waals surface area contributed by atoms with Crippen molar-refractivity contribution in [3.63, 3.8) is 0 Å². The van der Waals surface area contributed by atoms with Crippen molar-refractivity contribution in [1.29, 1.82) is 0 Å². The minimum atomic E-state index is -0.0967. The molecular weight excluding hydrogens is 448 g/mol. The Labute approximate surface area is 212 Å². The molecule has 0 bridgehead atoms. The Balaban J connectivity index is 1.10. The van der Waals surface area contributed by atoms with Crippen LogP contribution in [0.2, 0.25) is 0 Å². The molecule has 0 N–H and O–H groups in total. The van der Waals surface area contributed by atoms with Crippen LogP contribution in [0.1, 0.15) is 59.3 Å². The van der Waals surface area contributed by atoms with Gasteiger partial charge in [-0.3, -0.25) is 9.59 Å². The average Bonchev–Trinajstić information content (AvgIpc) is 3.39. The van der Waals surface area contributed by atoms with E-state index in [9.17, 15) is 9.59 Å². The summed E-state index contributed by atoms with van der Waals surface area (Å²) in [5.41, 5.74) is 5.71. The van der Waals surface area contributed by atoms with E-state index in [2.05, 4.69) is 24.0 Å². The molecule has 0 unspecified atom stereocenters. The lowest BCUT2D eigenvalue weighted by Crippen LogP contribution is -2.47. The molecule has 36 heavy (non-hydrogen) atoms. The molecule has 0 saturated carbocycles. The molecule has 0 radical (unpaired) electrons. The van der Waals surface area contributed by atoms with E-state index in [1.807, 2.05) is 35.2 Å². The number of Topliss-reactive ketones (excluding diaryl/α,β-unsaturated/α-hetero) is 1. The predicted molar refractivity (Wildman–Crippen MR) is 141 cm³/mol. The van der Waals surface area contributed by atoms with E-state index in [4.69, 9.17) is 9.97 Å². The molecule has 6 rings (SSSR count). The van der Waals surface area contributed by atoms with Crippen LogP contribution in [0.5, 0.6) is 0 Å². The summed E-state index contributed by atoms with van der Waals surface area (Å²) in [5.74, 6) is 1.08. The van der Waals surface area contributed by atoms with Crippen molar-refractivity contribution in [2.75, 3.05) is 31.1 Å². The van der Waals surface area contributed by atoms with Gasteiger partial charge in [0.1, 0.15) is 0 Å². The van der Waals surface area contributed by atoms with Crippen LogP contribution >= 0.6 is 0 Å². The number of likely N-dealkylation sites (tertiary alicyclic amines) is 1. The first kappa shape index (κ1) is 23.1. The normalized spacial score (nSPS) is 20.5. The molecule has 186 valence electrons. The molecular formula is C30H34N4O2. The minimum absolute atomic E-state index is 0.0108. The molecule has 1 atom stereocenters. The number of piperidine rings is 2. The molecule has 1 aromatic heterocycles. The summed E-state index contributed by atoms with van der Waals surface area (Å²) >= 11 is 0. The van der Waals surface area contributed by atoms with Gasteiger partial charge in [-0.15, -0.1) is 0 Å². The maximum Gasteiger partial charge on any atom is 0.226 e. The number of benzene rings is 2. The molecule has 0 spiro atoms. The summed E-state index contributed by atoms with van der Waals surface area (Å²) in [4.78, 5) is 40.3. The van der Waals surface area contributed by atoms with Crippen molar-refractivity contribution >= 4 is 28.5 Å². The third-order valence-electron chi connectivity index (χ3n) is 8.38. The highest BCUT2D eigenvalue weighted by Gasteiger charge is 2.34. The van der Waals surface area contributed by atoms with Crippen LogP contribution < -0.4 is 4.90 Å². The number of hydrogen-bond acceptors (Lipinski definition) is 5. The van der Waals surface area contributed by atoms with Crippen LogP contribution in [0.4, 0.5) is 5.95 Å². The van der Waals surface area contributed by atoms with Crippen LogP contribution in [0.3, 0.4) is 0 Å². The number of amides is 1. The molecule has 1 amide bonds. The van der Waals surface area contributed by atoms with Gasteiger partial charge in [-0.2, -0.15) is 0 Å². The van der Waals surface area contributed by atoms with Crippen LogP contribution in [0, 0.1) is 18.8 Å². The zero-order valence-corrected chi connectivity index (χ0v) is 21.1. The van der Waals surface area contributed by atoms with E-state index in [1.165, 1.54) is 17.5 Å². The van der Waals surface area contributed by atoms with E-state index >= 15 is 0 Å². The Morgan fingerprint density at radius 3 is 2.39 bits per heavy atom. The first-order valence-corrected chi connectivity index (χ1v) is 13.5. The summed E-state index contributed by atoms with van der Waals surface area (Å²) in [6, 6.07) is 14.0. The van der Waals surface area contributed by atoms with Gasteiger partial charge < -0.3 is 9.80 Å². The molecule has 3 heterocycles.